The first-order chi connectivity index (χ1) is 4.79. The van der Waals surface area contributed by atoms with Crippen molar-refractivity contribution in [1.82, 2.24) is 9.89 Å². The summed E-state index contributed by atoms with van der Waals surface area (Å²) in [4.78, 5) is 1.42. The molecule has 0 atom stereocenters. The van der Waals surface area contributed by atoms with Gasteiger partial charge in [-0.05, 0) is 18.4 Å². The predicted molar refractivity (Wildman–Crippen MR) is 42.5 cm³/mol. The van der Waals surface area contributed by atoms with Gasteiger partial charge in [-0.25, -0.2) is 0 Å². The first-order valence-corrected chi connectivity index (χ1v) is 3.85. The summed E-state index contributed by atoms with van der Waals surface area (Å²) < 4.78 is 1.18. The first-order valence-electron chi connectivity index (χ1n) is 2.97. The minimum Gasteiger partial charge on any atom is -0.323 e. The SMILES string of the molecule is Cc1nn(N)c2ccsc12. The van der Waals surface area contributed by atoms with Crippen molar-refractivity contribution in [1.29, 1.82) is 0 Å². The standard InChI is InChI=1S/C6H7N3S/c1-4-6-5(2-3-10-6)9(7)8-4/h2-3H,7H2,1H3. The molecule has 0 saturated carbocycles. The van der Waals surface area contributed by atoms with Crippen LogP contribution in [0.3, 0.4) is 0 Å². The van der Waals surface area contributed by atoms with E-state index in [-0.39, 0.29) is 0 Å². The summed E-state index contributed by atoms with van der Waals surface area (Å²) in [5.41, 5.74) is 2.02. The number of nitrogen functional groups attached to an aromatic ring is 1. The van der Waals surface area contributed by atoms with Gasteiger partial charge in [-0.3, -0.25) is 0 Å². The molecule has 2 aromatic rings. The molecule has 0 saturated heterocycles. The number of hydrogen-bond acceptors (Lipinski definition) is 3. The van der Waals surface area contributed by atoms with Gasteiger partial charge < -0.3 is 5.84 Å². The second kappa shape index (κ2) is 1.73. The second-order valence-corrected chi connectivity index (χ2v) is 3.08. The van der Waals surface area contributed by atoms with Crippen LogP contribution < -0.4 is 5.84 Å². The summed E-state index contributed by atoms with van der Waals surface area (Å²) in [6.45, 7) is 1.96. The lowest BCUT2D eigenvalue weighted by Crippen LogP contribution is -2.08. The molecule has 0 aliphatic rings. The van der Waals surface area contributed by atoms with Gasteiger partial charge in [-0.1, -0.05) is 0 Å². The molecular formula is C6H7N3S. The molecule has 0 bridgehead atoms. The van der Waals surface area contributed by atoms with Crippen molar-refractivity contribution in [3.63, 3.8) is 0 Å². The quantitative estimate of drug-likeness (QED) is 0.576. The average Bonchev–Trinajstić information content (AvgIpc) is 2.39. The summed E-state index contributed by atoms with van der Waals surface area (Å²) in [6.07, 6.45) is 0. The van der Waals surface area contributed by atoms with Crippen LogP contribution in [0.5, 0.6) is 0 Å². The normalized spacial score (nSPS) is 10.9. The van der Waals surface area contributed by atoms with E-state index in [1.54, 1.807) is 11.3 Å². The van der Waals surface area contributed by atoms with Crippen LogP contribution in [0.4, 0.5) is 0 Å². The number of hydrogen-bond donors (Lipinski definition) is 1. The number of fused-ring (bicyclic) bond motifs is 1. The van der Waals surface area contributed by atoms with E-state index >= 15 is 0 Å². The van der Waals surface area contributed by atoms with Crippen LogP contribution in [-0.4, -0.2) is 9.89 Å². The first kappa shape index (κ1) is 5.73. The zero-order valence-electron chi connectivity index (χ0n) is 5.53. The van der Waals surface area contributed by atoms with E-state index in [4.69, 9.17) is 5.84 Å². The second-order valence-electron chi connectivity index (χ2n) is 2.16. The van der Waals surface area contributed by atoms with Gasteiger partial charge in [0.2, 0.25) is 0 Å². The number of nitrogens with two attached hydrogens (primary N) is 1. The molecule has 2 N–H and O–H groups in total. The molecule has 0 spiro atoms. The van der Waals surface area contributed by atoms with Crippen LogP contribution >= 0.6 is 11.3 Å². The molecule has 0 fully saturated rings. The third kappa shape index (κ3) is 0.565. The number of nitrogens with zero attached hydrogens (tertiary/aromatic N) is 2. The third-order valence-corrected chi connectivity index (χ3v) is 2.49. The largest absolute Gasteiger partial charge is 0.323 e. The summed E-state index contributed by atoms with van der Waals surface area (Å²) in [6, 6.07) is 1.97. The molecule has 2 rings (SSSR count). The highest BCUT2D eigenvalue weighted by molar-refractivity contribution is 7.17. The van der Waals surface area contributed by atoms with Crippen LogP contribution in [0.15, 0.2) is 11.4 Å². The Balaban J connectivity index is 2.98. The Labute approximate surface area is 62.0 Å². The van der Waals surface area contributed by atoms with E-state index in [2.05, 4.69) is 5.10 Å². The predicted octanol–water partition coefficient (Wildman–Crippen LogP) is 1.12. The molecule has 10 heavy (non-hydrogen) atoms. The summed E-state index contributed by atoms with van der Waals surface area (Å²) >= 11 is 1.67. The van der Waals surface area contributed by atoms with Crippen molar-refractivity contribution in [3.05, 3.63) is 17.1 Å². The maximum Gasteiger partial charge on any atom is 0.103 e. The zero-order valence-corrected chi connectivity index (χ0v) is 6.35. The maximum atomic E-state index is 5.53. The van der Waals surface area contributed by atoms with Gasteiger partial charge in [0.15, 0.2) is 0 Å². The van der Waals surface area contributed by atoms with Gasteiger partial charge >= 0.3 is 0 Å². The summed E-state index contributed by atoms with van der Waals surface area (Å²) in [5.74, 6) is 5.53. The molecular weight excluding hydrogens is 146 g/mol. The molecule has 2 aromatic heterocycles. The highest BCUT2D eigenvalue weighted by atomic mass is 32.1. The van der Waals surface area contributed by atoms with E-state index in [1.165, 1.54) is 9.49 Å². The maximum absolute atomic E-state index is 5.53. The lowest BCUT2D eigenvalue weighted by Gasteiger charge is -1.85. The van der Waals surface area contributed by atoms with E-state index in [1.807, 2.05) is 18.4 Å². The van der Waals surface area contributed by atoms with Gasteiger partial charge in [0, 0.05) is 0 Å². The Morgan fingerprint density at radius 1 is 1.70 bits per heavy atom. The number of rotatable bonds is 0. The average molecular weight is 153 g/mol. The topological polar surface area (TPSA) is 43.8 Å². The van der Waals surface area contributed by atoms with Crippen molar-refractivity contribution < 1.29 is 0 Å². The van der Waals surface area contributed by atoms with Gasteiger partial charge in [-0.15, -0.1) is 11.3 Å². The van der Waals surface area contributed by atoms with Crippen molar-refractivity contribution in [2.75, 3.05) is 5.84 Å². The highest BCUT2D eigenvalue weighted by Crippen LogP contribution is 2.21. The van der Waals surface area contributed by atoms with Gasteiger partial charge in [-0.2, -0.15) is 9.89 Å². The number of thiophene rings is 1. The fourth-order valence-electron chi connectivity index (χ4n) is 1.01. The monoisotopic (exact) mass is 153 g/mol. The summed E-state index contributed by atoms with van der Waals surface area (Å²) in [7, 11) is 0. The smallest absolute Gasteiger partial charge is 0.103 e. The molecule has 0 radical (unpaired) electrons. The molecule has 0 amide bonds. The fraction of sp³-hybridized carbons (Fsp3) is 0.167. The fourth-order valence-corrected chi connectivity index (χ4v) is 1.84. The summed E-state index contributed by atoms with van der Waals surface area (Å²) in [5, 5.41) is 6.07. The Kier molecular flexibility index (Phi) is 0.990. The Bertz CT molecular complexity index is 328. The van der Waals surface area contributed by atoms with Crippen molar-refractivity contribution >= 4 is 21.6 Å². The van der Waals surface area contributed by atoms with Crippen LogP contribution in [-0.2, 0) is 0 Å². The van der Waals surface area contributed by atoms with Crippen molar-refractivity contribution in [3.8, 4) is 0 Å². The van der Waals surface area contributed by atoms with Gasteiger partial charge in [0.25, 0.3) is 0 Å². The van der Waals surface area contributed by atoms with Crippen LogP contribution in [0, 0.1) is 6.92 Å². The van der Waals surface area contributed by atoms with Gasteiger partial charge in [0.05, 0.1) is 10.4 Å². The molecule has 4 heteroatoms. The minimum atomic E-state index is 1.01. The molecule has 0 unspecified atom stereocenters. The molecule has 0 aliphatic heterocycles. The third-order valence-electron chi connectivity index (χ3n) is 1.48. The molecule has 0 aromatic carbocycles. The van der Waals surface area contributed by atoms with E-state index in [9.17, 15) is 0 Å². The Morgan fingerprint density at radius 2 is 2.50 bits per heavy atom. The Morgan fingerprint density at radius 3 is 3.20 bits per heavy atom. The van der Waals surface area contributed by atoms with Crippen molar-refractivity contribution in [2.24, 2.45) is 0 Å². The lowest BCUT2D eigenvalue weighted by molar-refractivity contribution is 0.844. The molecule has 52 valence electrons. The van der Waals surface area contributed by atoms with Crippen molar-refractivity contribution in [2.45, 2.75) is 6.92 Å². The number of aryl methyl sites for hydroxylation is 1. The van der Waals surface area contributed by atoms with E-state index < -0.39 is 0 Å². The Hall–Kier alpha value is -1.03. The molecule has 3 nitrogen and oxygen atoms in total. The van der Waals surface area contributed by atoms with Crippen LogP contribution in [0.1, 0.15) is 5.69 Å². The minimum absolute atomic E-state index is 1.01. The molecule has 0 aliphatic carbocycles. The van der Waals surface area contributed by atoms with E-state index in [0.717, 1.165) is 11.2 Å². The molecule has 2 heterocycles. The highest BCUT2D eigenvalue weighted by Gasteiger charge is 2.04. The van der Waals surface area contributed by atoms with Crippen LogP contribution in [0.2, 0.25) is 0 Å². The van der Waals surface area contributed by atoms with Crippen LogP contribution in [0.25, 0.3) is 10.2 Å². The zero-order chi connectivity index (χ0) is 7.14. The lowest BCUT2D eigenvalue weighted by atomic mass is 10.4. The van der Waals surface area contributed by atoms with Gasteiger partial charge in [0.1, 0.15) is 5.52 Å². The van der Waals surface area contributed by atoms with E-state index in [0.29, 0.717) is 0 Å². The number of aromatic nitrogens is 2.